The van der Waals surface area contributed by atoms with E-state index in [1.165, 1.54) is 0 Å². The molecular weight excluding hydrogens is 423 g/mol. The third-order valence-electron chi connectivity index (χ3n) is 2.06. The van der Waals surface area contributed by atoms with Gasteiger partial charge in [-0.15, -0.1) is 24.0 Å². The number of anilines is 1. The summed E-state index contributed by atoms with van der Waals surface area (Å²) in [6, 6.07) is 7.37. The molecule has 4 N–H and O–H groups in total. The Bertz CT molecular complexity index is 439. The smallest absolute Gasteiger partial charge is 0.246 e. The van der Waals surface area contributed by atoms with Crippen LogP contribution in [-0.2, 0) is 4.79 Å². The van der Waals surface area contributed by atoms with Crippen LogP contribution in [0.25, 0.3) is 0 Å². The maximum Gasteiger partial charge on any atom is 0.246 e. The van der Waals surface area contributed by atoms with Crippen molar-refractivity contribution in [3.8, 4) is 0 Å². The zero-order valence-electron chi connectivity index (χ0n) is 10.6. The molecule has 7 heteroatoms. The van der Waals surface area contributed by atoms with Crippen molar-refractivity contribution in [2.75, 3.05) is 18.4 Å². The van der Waals surface area contributed by atoms with Crippen molar-refractivity contribution in [3.05, 3.63) is 28.7 Å². The molecule has 19 heavy (non-hydrogen) atoms. The van der Waals surface area contributed by atoms with E-state index in [1.54, 1.807) is 0 Å². The Labute approximate surface area is 138 Å². The van der Waals surface area contributed by atoms with Gasteiger partial charge in [0.2, 0.25) is 5.91 Å². The van der Waals surface area contributed by atoms with Crippen LogP contribution in [0, 0.1) is 0 Å². The van der Waals surface area contributed by atoms with Gasteiger partial charge in [-0.3, -0.25) is 4.79 Å². The number of nitrogens with zero attached hydrogens (tertiary/aromatic N) is 1. The molecule has 0 radical (unpaired) electrons. The Morgan fingerprint density at radius 2 is 2.21 bits per heavy atom. The fourth-order valence-electron chi connectivity index (χ4n) is 1.23. The number of nitrogens with one attached hydrogen (secondary N) is 2. The Kier molecular flexibility index (Phi) is 9.58. The highest BCUT2D eigenvalue weighted by Crippen LogP contribution is 2.15. The van der Waals surface area contributed by atoms with Crippen molar-refractivity contribution in [2.24, 2.45) is 10.7 Å². The predicted molar refractivity (Wildman–Crippen MR) is 93.0 cm³/mol. The third kappa shape index (κ3) is 8.04. The van der Waals surface area contributed by atoms with Crippen LogP contribution in [0.1, 0.15) is 13.3 Å². The molecule has 0 bridgehead atoms. The van der Waals surface area contributed by atoms with Crippen molar-refractivity contribution in [1.82, 2.24) is 5.32 Å². The molecule has 0 aliphatic rings. The summed E-state index contributed by atoms with van der Waals surface area (Å²) in [6.07, 6.45) is 0.959. The molecule has 0 unspecified atom stereocenters. The number of guanidine groups is 1. The largest absolute Gasteiger partial charge is 0.370 e. The van der Waals surface area contributed by atoms with Crippen LogP contribution >= 0.6 is 39.9 Å². The van der Waals surface area contributed by atoms with Gasteiger partial charge in [0.15, 0.2) is 5.96 Å². The van der Waals surface area contributed by atoms with Gasteiger partial charge >= 0.3 is 0 Å². The number of amides is 1. The van der Waals surface area contributed by atoms with Crippen molar-refractivity contribution >= 4 is 57.5 Å². The second kappa shape index (κ2) is 10.0. The lowest BCUT2D eigenvalue weighted by molar-refractivity contribution is -0.114. The number of halogens is 2. The summed E-state index contributed by atoms with van der Waals surface area (Å²) < 4.78 is 0.910. The third-order valence-corrected chi connectivity index (χ3v) is 2.55. The number of aliphatic imine (C=N–C) groups is 1. The molecule has 1 rings (SSSR count). The van der Waals surface area contributed by atoms with E-state index >= 15 is 0 Å². The van der Waals surface area contributed by atoms with Crippen LogP contribution < -0.4 is 16.4 Å². The minimum atomic E-state index is -0.200. The SMILES string of the molecule is CCCNC(N)=NCC(=O)Nc1cccc(Br)c1.I. The first-order chi connectivity index (χ1) is 8.61. The van der Waals surface area contributed by atoms with E-state index < -0.39 is 0 Å². The molecule has 0 aliphatic heterocycles. The van der Waals surface area contributed by atoms with Crippen LogP contribution in [0.2, 0.25) is 0 Å². The van der Waals surface area contributed by atoms with Crippen LogP contribution in [-0.4, -0.2) is 25.0 Å². The highest BCUT2D eigenvalue weighted by molar-refractivity contribution is 14.0. The van der Waals surface area contributed by atoms with E-state index in [2.05, 4.69) is 31.6 Å². The van der Waals surface area contributed by atoms with E-state index in [0.717, 1.165) is 23.1 Å². The Morgan fingerprint density at radius 1 is 1.47 bits per heavy atom. The number of carbonyl (C=O) groups excluding carboxylic acids is 1. The monoisotopic (exact) mass is 440 g/mol. The molecule has 1 aromatic carbocycles. The van der Waals surface area contributed by atoms with Gasteiger partial charge in [-0.25, -0.2) is 4.99 Å². The standard InChI is InChI=1S/C12H17BrN4O.HI/c1-2-6-15-12(14)16-8-11(18)17-10-5-3-4-9(13)7-10;/h3-5,7H,2,6,8H2,1H3,(H,17,18)(H3,14,15,16);1H. The normalized spacial score (nSPS) is 10.5. The lowest BCUT2D eigenvalue weighted by Crippen LogP contribution is -2.33. The topological polar surface area (TPSA) is 79.5 Å². The maximum absolute atomic E-state index is 11.6. The van der Waals surface area contributed by atoms with E-state index in [1.807, 2.05) is 31.2 Å². The summed E-state index contributed by atoms with van der Waals surface area (Å²) in [6.45, 7) is 2.79. The number of nitrogens with two attached hydrogens (primary N) is 1. The molecule has 0 saturated carbocycles. The van der Waals surface area contributed by atoms with Gasteiger partial charge in [-0.2, -0.15) is 0 Å². The second-order valence-electron chi connectivity index (χ2n) is 3.69. The second-order valence-corrected chi connectivity index (χ2v) is 4.60. The molecule has 0 fully saturated rings. The minimum absolute atomic E-state index is 0. The fraction of sp³-hybridized carbons (Fsp3) is 0.333. The summed E-state index contributed by atoms with van der Waals surface area (Å²) in [5.74, 6) is 0.0931. The van der Waals surface area contributed by atoms with E-state index in [9.17, 15) is 4.79 Å². The average Bonchev–Trinajstić information content (AvgIpc) is 2.34. The van der Waals surface area contributed by atoms with Gasteiger partial charge < -0.3 is 16.4 Å². The average molecular weight is 441 g/mol. The Balaban J connectivity index is 0.00000324. The van der Waals surface area contributed by atoms with Gasteiger partial charge in [0.1, 0.15) is 6.54 Å². The van der Waals surface area contributed by atoms with Gasteiger partial charge in [-0.1, -0.05) is 28.9 Å². The molecule has 1 amide bonds. The zero-order valence-corrected chi connectivity index (χ0v) is 14.6. The lowest BCUT2D eigenvalue weighted by atomic mass is 10.3. The van der Waals surface area contributed by atoms with Crippen LogP contribution in [0.15, 0.2) is 33.7 Å². The number of carbonyl (C=O) groups is 1. The molecule has 0 spiro atoms. The number of benzene rings is 1. The molecule has 5 nitrogen and oxygen atoms in total. The van der Waals surface area contributed by atoms with Crippen molar-refractivity contribution in [1.29, 1.82) is 0 Å². The molecule has 0 atom stereocenters. The molecule has 1 aromatic rings. The zero-order chi connectivity index (χ0) is 13.4. The molecule has 0 saturated heterocycles. The molecule has 0 aromatic heterocycles. The van der Waals surface area contributed by atoms with Gasteiger partial charge in [0, 0.05) is 16.7 Å². The van der Waals surface area contributed by atoms with E-state index in [4.69, 9.17) is 5.73 Å². The molecular formula is C12H18BrIN4O. The number of hydrogen-bond donors (Lipinski definition) is 3. The highest BCUT2D eigenvalue weighted by atomic mass is 127. The van der Waals surface area contributed by atoms with Crippen LogP contribution in [0.4, 0.5) is 5.69 Å². The van der Waals surface area contributed by atoms with E-state index in [-0.39, 0.29) is 36.4 Å². The summed E-state index contributed by atoms with van der Waals surface area (Å²) in [5.41, 5.74) is 6.30. The minimum Gasteiger partial charge on any atom is -0.370 e. The first-order valence-corrected chi connectivity index (χ1v) is 6.50. The number of hydrogen-bond acceptors (Lipinski definition) is 2. The summed E-state index contributed by atoms with van der Waals surface area (Å²) in [7, 11) is 0. The van der Waals surface area contributed by atoms with Crippen molar-refractivity contribution in [2.45, 2.75) is 13.3 Å². The van der Waals surface area contributed by atoms with E-state index in [0.29, 0.717) is 5.96 Å². The highest BCUT2D eigenvalue weighted by Gasteiger charge is 2.01. The van der Waals surface area contributed by atoms with Gasteiger partial charge in [0.25, 0.3) is 0 Å². The van der Waals surface area contributed by atoms with Crippen LogP contribution in [0.3, 0.4) is 0 Å². The fourth-order valence-corrected chi connectivity index (χ4v) is 1.63. The quantitative estimate of drug-likeness (QED) is 0.373. The summed E-state index contributed by atoms with van der Waals surface area (Å²) in [4.78, 5) is 15.5. The van der Waals surface area contributed by atoms with Gasteiger partial charge in [0.05, 0.1) is 0 Å². The number of rotatable bonds is 5. The summed E-state index contributed by atoms with van der Waals surface area (Å²) in [5, 5.41) is 5.64. The molecule has 106 valence electrons. The Hall–Kier alpha value is -0.830. The van der Waals surface area contributed by atoms with Crippen LogP contribution in [0.5, 0.6) is 0 Å². The van der Waals surface area contributed by atoms with Crippen molar-refractivity contribution in [3.63, 3.8) is 0 Å². The predicted octanol–water partition coefficient (Wildman–Crippen LogP) is 2.32. The first-order valence-electron chi connectivity index (χ1n) is 5.71. The lowest BCUT2D eigenvalue weighted by Gasteiger charge is -2.05. The van der Waals surface area contributed by atoms with Gasteiger partial charge in [-0.05, 0) is 24.6 Å². The molecule has 0 heterocycles. The maximum atomic E-state index is 11.6. The summed E-state index contributed by atoms with van der Waals surface area (Å²) >= 11 is 3.33. The first kappa shape index (κ1) is 18.2. The Morgan fingerprint density at radius 3 is 2.84 bits per heavy atom. The van der Waals surface area contributed by atoms with Crippen molar-refractivity contribution < 1.29 is 4.79 Å². The molecule has 0 aliphatic carbocycles.